The standard InChI is InChI=1S/C18H23N3O5S/c1-3-12(2)19-18(25)20-15(22)10-26-17(24)8-9-21-13-6-4-5-7-14(13)27-11-16(21)23/h4-7,12H,3,8-11H2,1-2H3,(H2,19,20,22,25)/t12-/m0/s1. The van der Waals surface area contributed by atoms with Crippen LogP contribution >= 0.6 is 11.8 Å². The Kier molecular flexibility index (Phi) is 7.66. The van der Waals surface area contributed by atoms with Gasteiger partial charge in [0.2, 0.25) is 5.91 Å². The number of ether oxygens (including phenoxy) is 1. The van der Waals surface area contributed by atoms with Crippen LogP contribution in [-0.2, 0) is 19.1 Å². The summed E-state index contributed by atoms with van der Waals surface area (Å²) in [4.78, 5) is 49.7. The molecule has 0 saturated heterocycles. The molecule has 27 heavy (non-hydrogen) atoms. The van der Waals surface area contributed by atoms with E-state index in [2.05, 4.69) is 10.6 Å². The summed E-state index contributed by atoms with van der Waals surface area (Å²) in [5.41, 5.74) is 0.769. The molecule has 4 amide bonds. The van der Waals surface area contributed by atoms with Gasteiger partial charge < -0.3 is 15.0 Å². The third-order valence-corrected chi connectivity index (χ3v) is 5.00. The van der Waals surface area contributed by atoms with Crippen molar-refractivity contribution in [3.63, 3.8) is 0 Å². The number of para-hydroxylation sites is 1. The molecule has 2 rings (SSSR count). The number of urea groups is 1. The first-order valence-corrected chi connectivity index (χ1v) is 9.67. The van der Waals surface area contributed by atoms with Gasteiger partial charge >= 0.3 is 12.0 Å². The maximum Gasteiger partial charge on any atom is 0.321 e. The van der Waals surface area contributed by atoms with Crippen LogP contribution in [0.5, 0.6) is 0 Å². The van der Waals surface area contributed by atoms with Crippen LogP contribution in [0.15, 0.2) is 29.2 Å². The zero-order valence-corrected chi connectivity index (χ0v) is 16.1. The van der Waals surface area contributed by atoms with Crippen LogP contribution in [-0.4, -0.2) is 48.8 Å². The summed E-state index contributed by atoms with van der Waals surface area (Å²) in [7, 11) is 0. The number of benzene rings is 1. The van der Waals surface area contributed by atoms with Crippen LogP contribution in [0.1, 0.15) is 26.7 Å². The van der Waals surface area contributed by atoms with Gasteiger partial charge in [0.1, 0.15) is 0 Å². The molecule has 1 atom stereocenters. The Hall–Kier alpha value is -2.55. The molecule has 0 saturated carbocycles. The molecule has 0 fully saturated rings. The van der Waals surface area contributed by atoms with Crippen LogP contribution in [0.25, 0.3) is 0 Å². The second-order valence-electron chi connectivity index (χ2n) is 6.04. The molecule has 2 N–H and O–H groups in total. The van der Waals surface area contributed by atoms with Crippen molar-refractivity contribution in [1.82, 2.24) is 10.6 Å². The predicted octanol–water partition coefficient (Wildman–Crippen LogP) is 1.68. The van der Waals surface area contributed by atoms with E-state index in [0.29, 0.717) is 5.75 Å². The fourth-order valence-corrected chi connectivity index (χ4v) is 3.28. The minimum Gasteiger partial charge on any atom is -0.456 e. The van der Waals surface area contributed by atoms with Crippen molar-refractivity contribution in [3.05, 3.63) is 24.3 Å². The highest BCUT2D eigenvalue weighted by molar-refractivity contribution is 8.00. The topological polar surface area (TPSA) is 105 Å². The Bertz CT molecular complexity index is 725. The molecule has 146 valence electrons. The van der Waals surface area contributed by atoms with E-state index in [-0.39, 0.29) is 24.9 Å². The van der Waals surface area contributed by atoms with Crippen LogP contribution < -0.4 is 15.5 Å². The van der Waals surface area contributed by atoms with Crippen LogP contribution in [0.4, 0.5) is 10.5 Å². The first kappa shape index (κ1) is 20.8. The SMILES string of the molecule is CC[C@H](C)NC(=O)NC(=O)COC(=O)CCN1C(=O)CSc2ccccc21. The summed E-state index contributed by atoms with van der Waals surface area (Å²) >= 11 is 1.46. The van der Waals surface area contributed by atoms with E-state index in [1.807, 2.05) is 38.1 Å². The van der Waals surface area contributed by atoms with Gasteiger partial charge in [0, 0.05) is 17.5 Å². The predicted molar refractivity (Wildman–Crippen MR) is 102 cm³/mol. The second-order valence-corrected chi connectivity index (χ2v) is 7.06. The molecule has 0 bridgehead atoms. The molecule has 0 aromatic heterocycles. The van der Waals surface area contributed by atoms with Crippen molar-refractivity contribution in [2.45, 2.75) is 37.6 Å². The number of anilines is 1. The lowest BCUT2D eigenvalue weighted by molar-refractivity contribution is -0.148. The Morgan fingerprint density at radius 2 is 2.04 bits per heavy atom. The van der Waals surface area contributed by atoms with Gasteiger partial charge in [-0.25, -0.2) is 4.79 Å². The van der Waals surface area contributed by atoms with Gasteiger partial charge in [-0.05, 0) is 25.5 Å². The maximum atomic E-state index is 12.1. The summed E-state index contributed by atoms with van der Waals surface area (Å²) in [6.07, 6.45) is 0.685. The monoisotopic (exact) mass is 393 g/mol. The van der Waals surface area contributed by atoms with Crippen molar-refractivity contribution in [1.29, 1.82) is 0 Å². The van der Waals surface area contributed by atoms with Crippen LogP contribution in [0, 0.1) is 0 Å². The number of nitrogens with zero attached hydrogens (tertiary/aromatic N) is 1. The molecular weight excluding hydrogens is 370 g/mol. The fraction of sp³-hybridized carbons (Fsp3) is 0.444. The van der Waals surface area contributed by atoms with E-state index in [9.17, 15) is 19.2 Å². The van der Waals surface area contributed by atoms with Crippen molar-refractivity contribution >= 4 is 41.3 Å². The number of esters is 1. The number of imide groups is 1. The molecule has 9 heteroatoms. The molecule has 1 aromatic carbocycles. The van der Waals surface area contributed by atoms with Gasteiger partial charge in [-0.3, -0.25) is 19.7 Å². The number of carbonyl (C=O) groups is 4. The molecular formula is C18H23N3O5S. The smallest absolute Gasteiger partial charge is 0.321 e. The lowest BCUT2D eigenvalue weighted by atomic mass is 10.2. The minimum atomic E-state index is -0.708. The molecule has 0 radical (unpaired) electrons. The van der Waals surface area contributed by atoms with E-state index >= 15 is 0 Å². The third-order valence-electron chi connectivity index (χ3n) is 3.95. The highest BCUT2D eigenvalue weighted by Crippen LogP contribution is 2.34. The first-order valence-electron chi connectivity index (χ1n) is 8.68. The highest BCUT2D eigenvalue weighted by Gasteiger charge is 2.25. The molecule has 1 aromatic rings. The van der Waals surface area contributed by atoms with Crippen molar-refractivity contribution in [3.8, 4) is 0 Å². The van der Waals surface area contributed by atoms with E-state index in [1.54, 1.807) is 4.90 Å². The van der Waals surface area contributed by atoms with E-state index in [1.165, 1.54) is 11.8 Å². The Balaban J connectivity index is 1.76. The van der Waals surface area contributed by atoms with Gasteiger partial charge in [0.05, 0.1) is 17.9 Å². The van der Waals surface area contributed by atoms with E-state index in [4.69, 9.17) is 4.74 Å². The van der Waals surface area contributed by atoms with Crippen molar-refractivity contribution < 1.29 is 23.9 Å². The quantitative estimate of drug-likeness (QED) is 0.683. The summed E-state index contributed by atoms with van der Waals surface area (Å²) in [5, 5.41) is 4.67. The number of nitrogens with one attached hydrogen (secondary N) is 2. The zero-order valence-electron chi connectivity index (χ0n) is 15.3. The second kappa shape index (κ2) is 9.96. The van der Waals surface area contributed by atoms with Gasteiger partial charge in [0.25, 0.3) is 5.91 Å². The van der Waals surface area contributed by atoms with Gasteiger partial charge in [-0.2, -0.15) is 0 Å². The summed E-state index contributed by atoms with van der Waals surface area (Å²) in [6, 6.07) is 6.78. The van der Waals surface area contributed by atoms with Crippen molar-refractivity contribution in [2.75, 3.05) is 23.8 Å². The number of fused-ring (bicyclic) bond motifs is 1. The third kappa shape index (κ3) is 6.28. The van der Waals surface area contributed by atoms with E-state index in [0.717, 1.165) is 17.0 Å². The molecule has 0 aliphatic carbocycles. The lowest BCUT2D eigenvalue weighted by Gasteiger charge is -2.28. The molecule has 1 aliphatic heterocycles. The minimum absolute atomic E-state index is 0.0446. The average Bonchev–Trinajstić information content (AvgIpc) is 2.65. The lowest BCUT2D eigenvalue weighted by Crippen LogP contribution is -2.44. The van der Waals surface area contributed by atoms with Gasteiger partial charge in [-0.15, -0.1) is 11.8 Å². The number of hydrogen-bond acceptors (Lipinski definition) is 6. The van der Waals surface area contributed by atoms with Crippen LogP contribution in [0.2, 0.25) is 0 Å². The Morgan fingerprint density at radius 3 is 2.78 bits per heavy atom. The molecule has 0 unspecified atom stereocenters. The number of thioether (sulfide) groups is 1. The Morgan fingerprint density at radius 1 is 1.30 bits per heavy atom. The summed E-state index contributed by atoms with van der Waals surface area (Å²) in [5.74, 6) is -1.08. The first-order chi connectivity index (χ1) is 12.9. The number of rotatable bonds is 7. The average molecular weight is 393 g/mol. The van der Waals surface area contributed by atoms with E-state index < -0.39 is 24.5 Å². The molecule has 1 aliphatic rings. The number of carbonyl (C=O) groups excluding carboxylic acids is 4. The zero-order chi connectivity index (χ0) is 19.8. The van der Waals surface area contributed by atoms with Gasteiger partial charge in [0.15, 0.2) is 6.61 Å². The van der Waals surface area contributed by atoms with Crippen LogP contribution in [0.3, 0.4) is 0 Å². The molecule has 1 heterocycles. The summed E-state index contributed by atoms with van der Waals surface area (Å²) < 4.78 is 4.88. The molecule has 8 nitrogen and oxygen atoms in total. The van der Waals surface area contributed by atoms with Gasteiger partial charge in [-0.1, -0.05) is 19.1 Å². The maximum absolute atomic E-state index is 12.1. The number of amides is 4. The van der Waals surface area contributed by atoms with Crippen molar-refractivity contribution in [2.24, 2.45) is 0 Å². The molecule has 0 spiro atoms. The normalized spacial score (nSPS) is 14.1. The fourth-order valence-electron chi connectivity index (χ4n) is 2.35. The number of hydrogen-bond donors (Lipinski definition) is 2. The summed E-state index contributed by atoms with van der Waals surface area (Å²) in [6.45, 7) is 3.33. The highest BCUT2D eigenvalue weighted by atomic mass is 32.2. The largest absolute Gasteiger partial charge is 0.456 e. The Labute approximate surface area is 162 Å².